The Bertz CT molecular complexity index is 629. The number of fused-ring (bicyclic) bond motifs is 1. The van der Waals surface area contributed by atoms with Crippen molar-refractivity contribution in [1.82, 2.24) is 4.98 Å². The number of para-hydroxylation sites is 1. The van der Waals surface area contributed by atoms with Crippen molar-refractivity contribution in [1.29, 1.82) is 0 Å². The smallest absolute Gasteiger partial charge is 0.0920 e. The fourth-order valence-corrected chi connectivity index (χ4v) is 3.99. The van der Waals surface area contributed by atoms with Gasteiger partial charge in [-0.25, -0.2) is 0 Å². The molecule has 0 bridgehead atoms. The van der Waals surface area contributed by atoms with Crippen LogP contribution in [0.15, 0.2) is 36.5 Å². The third-order valence-electron chi connectivity index (χ3n) is 5.19. The highest BCUT2D eigenvalue weighted by atomic mass is 16.3. The quantitative estimate of drug-likeness (QED) is 0.891. The first kappa shape index (κ1) is 12.3. The molecule has 1 aromatic heterocycles. The highest BCUT2D eigenvalue weighted by Crippen LogP contribution is 2.50. The summed E-state index contributed by atoms with van der Waals surface area (Å²) < 4.78 is 0. The van der Waals surface area contributed by atoms with E-state index in [9.17, 15) is 5.11 Å². The Balaban J connectivity index is 1.76. The zero-order valence-corrected chi connectivity index (χ0v) is 11.8. The molecule has 0 saturated heterocycles. The molecule has 0 aliphatic heterocycles. The number of aromatic nitrogens is 1. The molecule has 2 heteroatoms. The van der Waals surface area contributed by atoms with E-state index in [0.717, 1.165) is 41.6 Å². The number of hydrogen-bond donors (Lipinski definition) is 1. The van der Waals surface area contributed by atoms with Gasteiger partial charge in [-0.05, 0) is 56.4 Å². The molecular formula is C18H21NO. The normalized spacial score (nSPS) is 30.6. The van der Waals surface area contributed by atoms with E-state index < -0.39 is 5.60 Å². The number of hydrogen-bond acceptors (Lipinski definition) is 2. The van der Waals surface area contributed by atoms with E-state index in [1.54, 1.807) is 0 Å². The lowest BCUT2D eigenvalue weighted by Crippen LogP contribution is -2.33. The van der Waals surface area contributed by atoms with Crippen molar-refractivity contribution in [2.45, 2.75) is 44.1 Å². The van der Waals surface area contributed by atoms with E-state index in [0.29, 0.717) is 5.92 Å². The molecule has 2 saturated carbocycles. The highest BCUT2D eigenvalue weighted by Gasteiger charge is 2.42. The monoisotopic (exact) mass is 267 g/mol. The summed E-state index contributed by atoms with van der Waals surface area (Å²) in [5.41, 5.74) is 1.36. The van der Waals surface area contributed by atoms with Crippen molar-refractivity contribution >= 4 is 10.9 Å². The topological polar surface area (TPSA) is 33.1 Å². The van der Waals surface area contributed by atoms with Crippen LogP contribution in [0.4, 0.5) is 0 Å². The van der Waals surface area contributed by atoms with Crippen LogP contribution < -0.4 is 0 Å². The first-order chi connectivity index (χ1) is 9.76. The molecule has 4 rings (SSSR count). The Morgan fingerprint density at radius 3 is 2.75 bits per heavy atom. The van der Waals surface area contributed by atoms with E-state index in [-0.39, 0.29) is 0 Å². The molecule has 2 aromatic rings. The minimum Gasteiger partial charge on any atom is -0.385 e. The van der Waals surface area contributed by atoms with E-state index in [2.05, 4.69) is 29.2 Å². The van der Waals surface area contributed by atoms with Gasteiger partial charge in [0.2, 0.25) is 0 Å². The maximum Gasteiger partial charge on any atom is 0.0920 e. The predicted molar refractivity (Wildman–Crippen MR) is 80.3 cm³/mol. The lowest BCUT2D eigenvalue weighted by atomic mass is 9.72. The Morgan fingerprint density at radius 2 is 1.90 bits per heavy atom. The zero-order valence-electron chi connectivity index (χ0n) is 11.8. The first-order valence-corrected chi connectivity index (χ1v) is 7.83. The molecule has 0 spiro atoms. The van der Waals surface area contributed by atoms with Crippen molar-refractivity contribution in [3.8, 4) is 0 Å². The zero-order chi connectivity index (χ0) is 13.6. The molecule has 1 heterocycles. The van der Waals surface area contributed by atoms with Crippen molar-refractivity contribution in [3.63, 3.8) is 0 Å². The minimum atomic E-state index is -0.667. The van der Waals surface area contributed by atoms with Gasteiger partial charge in [-0.3, -0.25) is 4.98 Å². The van der Waals surface area contributed by atoms with Crippen LogP contribution in [-0.4, -0.2) is 10.1 Å². The summed E-state index contributed by atoms with van der Waals surface area (Å²) >= 11 is 0. The molecule has 0 amide bonds. The second kappa shape index (κ2) is 4.56. The van der Waals surface area contributed by atoms with E-state index in [4.69, 9.17) is 0 Å². The first-order valence-electron chi connectivity index (χ1n) is 7.83. The van der Waals surface area contributed by atoms with E-state index in [1.165, 1.54) is 19.3 Å². The van der Waals surface area contributed by atoms with Gasteiger partial charge in [0.05, 0.1) is 11.1 Å². The van der Waals surface area contributed by atoms with Crippen molar-refractivity contribution in [2.75, 3.05) is 0 Å². The highest BCUT2D eigenvalue weighted by molar-refractivity contribution is 5.82. The number of benzene rings is 1. The lowest BCUT2D eigenvalue weighted by Gasteiger charge is -2.37. The summed E-state index contributed by atoms with van der Waals surface area (Å²) in [4.78, 5) is 4.53. The number of pyridine rings is 1. The Labute approximate surface area is 119 Å². The molecule has 1 N–H and O–H groups in total. The SMILES string of the molecule is OC1(c2cccc3cccnc23)CCCC(C2CC2)C1. The summed E-state index contributed by atoms with van der Waals surface area (Å²) in [6.07, 6.45) is 8.81. The molecule has 104 valence electrons. The van der Waals surface area contributed by atoms with Crippen molar-refractivity contribution in [2.24, 2.45) is 11.8 Å². The minimum absolute atomic E-state index is 0.667. The molecule has 2 fully saturated rings. The van der Waals surface area contributed by atoms with Crippen LogP contribution in [0.3, 0.4) is 0 Å². The fourth-order valence-electron chi connectivity index (χ4n) is 3.99. The maximum atomic E-state index is 11.2. The average Bonchev–Trinajstić information content (AvgIpc) is 3.31. The largest absolute Gasteiger partial charge is 0.385 e. The Morgan fingerprint density at radius 1 is 1.05 bits per heavy atom. The van der Waals surface area contributed by atoms with Crippen LogP contribution in [0.25, 0.3) is 10.9 Å². The molecule has 2 atom stereocenters. The summed E-state index contributed by atoms with van der Waals surface area (Å²) in [5.74, 6) is 1.59. The molecule has 0 radical (unpaired) electrons. The lowest BCUT2D eigenvalue weighted by molar-refractivity contribution is -0.0240. The van der Waals surface area contributed by atoms with Crippen LogP contribution in [0.2, 0.25) is 0 Å². The summed E-state index contributed by atoms with van der Waals surface area (Å²) in [6.45, 7) is 0. The maximum absolute atomic E-state index is 11.2. The van der Waals surface area contributed by atoms with Gasteiger partial charge >= 0.3 is 0 Å². The van der Waals surface area contributed by atoms with Gasteiger partial charge in [0.25, 0.3) is 0 Å². The third kappa shape index (κ3) is 2.03. The Hall–Kier alpha value is -1.41. The van der Waals surface area contributed by atoms with Crippen molar-refractivity contribution in [3.05, 3.63) is 42.1 Å². The fraction of sp³-hybridized carbons (Fsp3) is 0.500. The average molecular weight is 267 g/mol. The second-order valence-corrected chi connectivity index (χ2v) is 6.61. The standard InChI is InChI=1S/C18H21NO/c20-18(10-2-5-15(12-18)13-8-9-13)16-7-1-4-14-6-3-11-19-17(14)16/h1,3-4,6-7,11,13,15,20H,2,5,8-10,12H2. The van der Waals surface area contributed by atoms with Crippen LogP contribution in [0.1, 0.15) is 44.1 Å². The Kier molecular flexibility index (Phi) is 2.81. The molecule has 2 unspecified atom stereocenters. The van der Waals surface area contributed by atoms with Crippen LogP contribution in [0, 0.1) is 11.8 Å². The van der Waals surface area contributed by atoms with Gasteiger partial charge in [-0.2, -0.15) is 0 Å². The molecule has 20 heavy (non-hydrogen) atoms. The predicted octanol–water partition coefficient (Wildman–Crippen LogP) is 4.02. The summed E-state index contributed by atoms with van der Waals surface area (Å²) in [7, 11) is 0. The van der Waals surface area contributed by atoms with Gasteiger partial charge in [0.1, 0.15) is 0 Å². The molecule has 2 nitrogen and oxygen atoms in total. The number of rotatable bonds is 2. The van der Waals surface area contributed by atoms with Crippen LogP contribution in [-0.2, 0) is 5.60 Å². The number of nitrogens with zero attached hydrogens (tertiary/aromatic N) is 1. The van der Waals surface area contributed by atoms with Crippen molar-refractivity contribution < 1.29 is 5.11 Å². The van der Waals surface area contributed by atoms with Gasteiger partial charge in [-0.15, -0.1) is 0 Å². The van der Waals surface area contributed by atoms with Gasteiger partial charge < -0.3 is 5.11 Å². The summed E-state index contributed by atoms with van der Waals surface area (Å²) in [6, 6.07) is 10.2. The summed E-state index contributed by atoms with van der Waals surface area (Å²) in [5, 5.41) is 12.4. The second-order valence-electron chi connectivity index (χ2n) is 6.61. The van der Waals surface area contributed by atoms with Gasteiger partial charge in [0, 0.05) is 17.1 Å². The number of aliphatic hydroxyl groups is 1. The molecule has 2 aliphatic carbocycles. The molecule has 1 aromatic carbocycles. The van der Waals surface area contributed by atoms with Gasteiger partial charge in [0.15, 0.2) is 0 Å². The van der Waals surface area contributed by atoms with E-state index in [1.807, 2.05) is 12.3 Å². The van der Waals surface area contributed by atoms with E-state index >= 15 is 0 Å². The van der Waals surface area contributed by atoms with Crippen LogP contribution >= 0.6 is 0 Å². The van der Waals surface area contributed by atoms with Crippen LogP contribution in [0.5, 0.6) is 0 Å². The van der Waals surface area contributed by atoms with Gasteiger partial charge in [-0.1, -0.05) is 24.3 Å². The molecule has 2 aliphatic rings. The molecular weight excluding hydrogens is 246 g/mol. The third-order valence-corrected chi connectivity index (χ3v) is 5.19.